The fourth-order valence-electron chi connectivity index (χ4n) is 4.49. The zero-order valence-electron chi connectivity index (χ0n) is 24.5. The van der Waals surface area contributed by atoms with Crippen LogP contribution in [0, 0.1) is 19.8 Å². The van der Waals surface area contributed by atoms with Crippen molar-refractivity contribution < 1.29 is 33.5 Å². The Bertz CT molecular complexity index is 1140. The second-order valence-corrected chi connectivity index (χ2v) is 13.0. The van der Waals surface area contributed by atoms with E-state index < -0.39 is 31.2 Å². The summed E-state index contributed by atoms with van der Waals surface area (Å²) >= 11 is 0. The van der Waals surface area contributed by atoms with Crippen LogP contribution in [-0.4, -0.2) is 48.8 Å². The number of hydrogen-bond donors (Lipinski definition) is 2. The highest BCUT2D eigenvalue weighted by atomic mass is 31.2. The average molecular weight is 562 g/mol. The Kier molecular flexibility index (Phi) is 12.1. The van der Waals surface area contributed by atoms with Gasteiger partial charge in [-0.15, -0.1) is 0 Å². The van der Waals surface area contributed by atoms with Crippen LogP contribution in [0.2, 0.25) is 0 Å². The molecule has 2 aromatic rings. The smallest absolute Gasteiger partial charge is 0.323 e. The third kappa shape index (κ3) is 9.40. The van der Waals surface area contributed by atoms with Crippen LogP contribution < -0.4 is 9.82 Å². The minimum absolute atomic E-state index is 0.0232. The quantitative estimate of drug-likeness (QED) is 0.211. The van der Waals surface area contributed by atoms with Crippen LogP contribution in [0.5, 0.6) is 11.5 Å². The molecule has 0 fully saturated rings. The number of phenols is 1. The van der Waals surface area contributed by atoms with Crippen molar-refractivity contribution in [3.63, 3.8) is 0 Å². The Morgan fingerprint density at radius 3 is 2.10 bits per heavy atom. The molecule has 1 unspecified atom stereocenters. The lowest BCUT2D eigenvalue weighted by atomic mass is 9.93. The van der Waals surface area contributed by atoms with E-state index in [9.17, 15) is 19.3 Å². The highest BCUT2D eigenvalue weighted by Crippen LogP contribution is 2.44. The number of aromatic hydroxyl groups is 1. The lowest BCUT2D eigenvalue weighted by Gasteiger charge is -2.25. The Balaban J connectivity index is 2.25. The molecule has 0 saturated heterocycles. The van der Waals surface area contributed by atoms with Crippen molar-refractivity contribution in [3.8, 4) is 11.5 Å². The van der Waals surface area contributed by atoms with E-state index in [2.05, 4.69) is 18.9 Å². The molecule has 8 nitrogen and oxygen atoms in total. The second kappa shape index (κ2) is 14.5. The number of hydrogen-bond acceptors (Lipinski definition) is 7. The molecule has 0 aliphatic heterocycles. The molecule has 0 heterocycles. The molecule has 39 heavy (non-hydrogen) atoms. The van der Waals surface area contributed by atoms with E-state index in [1.54, 1.807) is 33.8 Å². The van der Waals surface area contributed by atoms with Crippen LogP contribution in [0.25, 0.3) is 0 Å². The Labute approximate surface area is 232 Å². The van der Waals surface area contributed by atoms with Gasteiger partial charge in [-0.3, -0.25) is 14.7 Å². The number of ether oxygens (including phenoxy) is 3. The Hall–Kier alpha value is -2.83. The van der Waals surface area contributed by atoms with E-state index >= 15 is 0 Å². The lowest BCUT2D eigenvalue weighted by Crippen LogP contribution is -2.36. The summed E-state index contributed by atoms with van der Waals surface area (Å²) in [7, 11) is -3.37. The minimum atomic E-state index is -3.37. The maximum Gasteiger partial charge on any atom is 0.323 e. The van der Waals surface area contributed by atoms with Crippen LogP contribution in [0.1, 0.15) is 75.3 Å². The van der Waals surface area contributed by atoms with Crippen LogP contribution in [0.3, 0.4) is 0 Å². The molecule has 9 heteroatoms. The molecule has 0 spiro atoms. The zero-order valence-corrected chi connectivity index (χ0v) is 25.4. The van der Waals surface area contributed by atoms with E-state index in [0.717, 1.165) is 27.8 Å². The highest BCUT2D eigenvalue weighted by molar-refractivity contribution is 7.61. The number of carbonyl (C=O) groups is 2. The third-order valence-electron chi connectivity index (χ3n) is 6.53. The van der Waals surface area contributed by atoms with Gasteiger partial charge in [0, 0.05) is 6.16 Å². The van der Waals surface area contributed by atoms with Gasteiger partial charge in [-0.1, -0.05) is 32.9 Å². The normalized spacial score (nSPS) is 14.4. The maximum atomic E-state index is 13.9. The van der Waals surface area contributed by atoms with Gasteiger partial charge in [-0.05, 0) is 93.0 Å². The molecule has 2 aromatic carbocycles. The van der Waals surface area contributed by atoms with Gasteiger partial charge in [-0.2, -0.15) is 0 Å². The molecule has 0 saturated carbocycles. The molecule has 0 bridgehead atoms. The first-order valence-electron chi connectivity index (χ1n) is 13.5. The monoisotopic (exact) mass is 561 g/mol. The predicted molar refractivity (Wildman–Crippen MR) is 154 cm³/mol. The van der Waals surface area contributed by atoms with Gasteiger partial charge in [0.15, 0.2) is 13.6 Å². The van der Waals surface area contributed by atoms with Gasteiger partial charge in [0.2, 0.25) is 0 Å². The van der Waals surface area contributed by atoms with E-state index in [0.29, 0.717) is 17.9 Å². The van der Waals surface area contributed by atoms with Crippen molar-refractivity contribution in [2.45, 2.75) is 73.8 Å². The topological polar surface area (TPSA) is 111 Å². The van der Waals surface area contributed by atoms with Crippen molar-refractivity contribution in [1.82, 2.24) is 5.09 Å². The van der Waals surface area contributed by atoms with Gasteiger partial charge in [0.25, 0.3) is 0 Å². The molecule has 0 aliphatic rings. The lowest BCUT2D eigenvalue weighted by molar-refractivity contribution is -0.146. The average Bonchev–Trinajstić information content (AvgIpc) is 2.86. The predicted octanol–water partition coefficient (Wildman–Crippen LogP) is 6.08. The molecule has 0 amide bonds. The Morgan fingerprint density at radius 1 is 0.949 bits per heavy atom. The van der Waals surface area contributed by atoms with E-state index in [4.69, 9.17) is 14.2 Å². The number of benzene rings is 2. The maximum absolute atomic E-state index is 13.9. The number of carbonyl (C=O) groups excluding carboxylic acids is 2. The molecule has 2 N–H and O–H groups in total. The molecule has 0 aromatic heterocycles. The number of rotatable bonds is 14. The molecule has 2 rings (SSSR count). The zero-order chi connectivity index (χ0) is 29.3. The van der Waals surface area contributed by atoms with E-state index in [1.165, 1.54) is 0 Å². The highest BCUT2D eigenvalue weighted by Gasteiger charge is 2.33. The van der Waals surface area contributed by atoms with Crippen molar-refractivity contribution in [1.29, 1.82) is 0 Å². The second-order valence-electron chi connectivity index (χ2n) is 10.4. The first kappa shape index (κ1) is 32.4. The summed E-state index contributed by atoms with van der Waals surface area (Å²) in [5.41, 5.74) is 5.21. The van der Waals surface area contributed by atoms with Crippen molar-refractivity contribution in [2.24, 2.45) is 5.92 Å². The van der Waals surface area contributed by atoms with Crippen molar-refractivity contribution >= 4 is 19.2 Å². The first-order chi connectivity index (χ1) is 18.3. The van der Waals surface area contributed by atoms with Crippen LogP contribution in [0.15, 0.2) is 30.3 Å². The number of aryl methyl sites for hydroxylation is 2. The molecule has 0 radical (unpaired) electrons. The van der Waals surface area contributed by atoms with Crippen molar-refractivity contribution in [3.05, 3.63) is 58.1 Å². The van der Waals surface area contributed by atoms with Crippen LogP contribution >= 0.6 is 7.29 Å². The SMILES string of the molecule is CCOC(=O)[C@H](C)CP(=O)(COc1cc(C)c(Cc2ccc(O)c(C(C)C)c2)c(C)c1)N[C@H](C)C(=O)OCC. The fourth-order valence-corrected chi connectivity index (χ4v) is 6.98. The van der Waals surface area contributed by atoms with E-state index in [1.807, 2.05) is 38.1 Å². The standard InChI is InChI=1S/C30H44NO7P/c1-9-36-29(33)22(7)17-39(35,31-23(8)30(34)37-10-2)18-38-25-13-20(5)27(21(6)14-25)16-24-11-12-28(32)26(15-24)19(3)4/h11-15,19,22-23,32H,9-10,16-18H2,1-8H3,(H,31,35)/t22-,23-,39?/m1/s1. The summed E-state index contributed by atoms with van der Waals surface area (Å²) in [4.78, 5) is 24.5. The molecule has 3 atom stereocenters. The largest absolute Gasteiger partial charge is 0.508 e. The summed E-state index contributed by atoms with van der Waals surface area (Å²) in [5.74, 6) is -0.546. The third-order valence-corrected chi connectivity index (χ3v) is 9.07. The minimum Gasteiger partial charge on any atom is -0.508 e. The molecule has 0 aliphatic carbocycles. The summed E-state index contributed by atoms with van der Waals surface area (Å²) < 4.78 is 30.1. The Morgan fingerprint density at radius 2 is 1.54 bits per heavy atom. The van der Waals surface area contributed by atoms with Gasteiger partial charge in [-0.25, -0.2) is 0 Å². The summed E-state index contributed by atoms with van der Waals surface area (Å²) in [5, 5.41) is 13.1. The van der Waals surface area contributed by atoms with Crippen molar-refractivity contribution in [2.75, 3.05) is 25.7 Å². The number of phenolic OH excluding ortho intramolecular Hbond substituents is 1. The summed E-state index contributed by atoms with van der Waals surface area (Å²) in [6.45, 7) is 15.2. The fraction of sp³-hybridized carbons (Fsp3) is 0.533. The van der Waals surface area contributed by atoms with Gasteiger partial charge < -0.3 is 23.9 Å². The van der Waals surface area contributed by atoms with Crippen LogP contribution in [-0.2, 0) is 30.0 Å². The first-order valence-corrected chi connectivity index (χ1v) is 15.6. The molecular weight excluding hydrogens is 517 g/mol. The number of esters is 2. The summed E-state index contributed by atoms with van der Waals surface area (Å²) in [6, 6.07) is 8.69. The van der Waals surface area contributed by atoms with Gasteiger partial charge in [0.1, 0.15) is 17.5 Å². The molecular formula is C30H44NO7P. The molecule has 216 valence electrons. The van der Waals surface area contributed by atoms with Crippen LogP contribution in [0.4, 0.5) is 0 Å². The van der Waals surface area contributed by atoms with Gasteiger partial charge >= 0.3 is 11.9 Å². The summed E-state index contributed by atoms with van der Waals surface area (Å²) in [6.07, 6.45) is 0.477. The van der Waals surface area contributed by atoms with Gasteiger partial charge in [0.05, 0.1) is 19.1 Å². The number of nitrogens with one attached hydrogen (secondary N) is 1. The van der Waals surface area contributed by atoms with E-state index in [-0.39, 0.29) is 31.6 Å².